The summed E-state index contributed by atoms with van der Waals surface area (Å²) in [5.74, 6) is -0.280. The number of hydrogen-bond acceptors (Lipinski definition) is 4. The van der Waals surface area contributed by atoms with Crippen molar-refractivity contribution in [3.8, 4) is 0 Å². The molecular formula is C13H11BrFN3O2. The molecule has 1 aromatic carbocycles. The average Bonchev–Trinajstić information content (AvgIpc) is 2.42. The number of anilines is 1. The maximum absolute atomic E-state index is 13.4. The molecule has 0 aliphatic heterocycles. The summed E-state index contributed by atoms with van der Waals surface area (Å²) in [6.07, 6.45) is 3.08. The third-order valence-electron chi connectivity index (χ3n) is 2.73. The van der Waals surface area contributed by atoms with Crippen molar-refractivity contribution in [3.63, 3.8) is 0 Å². The molecule has 0 aliphatic rings. The molecule has 7 heteroatoms. The standard InChI is InChI=1S/C13H11BrFN3O2/c14-10-7-16-8-12(18(19)20)13(10)17-6-5-9-3-1-2-4-11(9)15/h1-4,7-8H,5-6H2,(H,16,17). The Balaban J connectivity index is 2.08. The van der Waals surface area contributed by atoms with E-state index in [4.69, 9.17) is 0 Å². The van der Waals surface area contributed by atoms with Gasteiger partial charge in [0.05, 0.1) is 9.40 Å². The highest BCUT2D eigenvalue weighted by atomic mass is 79.9. The monoisotopic (exact) mass is 339 g/mol. The molecule has 5 nitrogen and oxygen atoms in total. The van der Waals surface area contributed by atoms with E-state index in [1.54, 1.807) is 18.2 Å². The smallest absolute Gasteiger partial charge is 0.311 e. The van der Waals surface area contributed by atoms with Gasteiger partial charge < -0.3 is 5.32 Å². The van der Waals surface area contributed by atoms with Gasteiger partial charge in [-0.05, 0) is 34.0 Å². The number of benzene rings is 1. The molecule has 1 aromatic heterocycles. The molecule has 0 aliphatic carbocycles. The van der Waals surface area contributed by atoms with Crippen LogP contribution in [-0.4, -0.2) is 16.5 Å². The van der Waals surface area contributed by atoms with E-state index >= 15 is 0 Å². The molecule has 0 radical (unpaired) electrons. The Morgan fingerprint density at radius 1 is 1.35 bits per heavy atom. The first kappa shape index (κ1) is 14.4. The van der Waals surface area contributed by atoms with Crippen LogP contribution in [0.2, 0.25) is 0 Å². The van der Waals surface area contributed by atoms with E-state index < -0.39 is 4.92 Å². The quantitative estimate of drug-likeness (QED) is 0.668. The zero-order chi connectivity index (χ0) is 14.5. The molecule has 1 heterocycles. The molecule has 0 unspecified atom stereocenters. The number of aromatic nitrogens is 1. The van der Waals surface area contributed by atoms with Gasteiger partial charge in [0.15, 0.2) is 0 Å². The highest BCUT2D eigenvalue weighted by molar-refractivity contribution is 9.10. The first-order valence-corrected chi connectivity index (χ1v) is 6.64. The van der Waals surface area contributed by atoms with Gasteiger partial charge in [-0.1, -0.05) is 18.2 Å². The second-order valence-electron chi connectivity index (χ2n) is 4.04. The molecule has 1 N–H and O–H groups in total. The Hall–Kier alpha value is -2.02. The normalized spacial score (nSPS) is 10.3. The Morgan fingerprint density at radius 2 is 2.10 bits per heavy atom. The summed E-state index contributed by atoms with van der Waals surface area (Å²) in [5.41, 5.74) is 0.794. The molecule has 0 spiro atoms. The molecule has 0 amide bonds. The summed E-state index contributed by atoms with van der Waals surface area (Å²) in [5, 5.41) is 13.8. The molecule has 0 fully saturated rings. The van der Waals surface area contributed by atoms with Crippen LogP contribution in [0.3, 0.4) is 0 Å². The molecule has 0 atom stereocenters. The van der Waals surface area contributed by atoms with Crippen molar-refractivity contribution in [1.82, 2.24) is 4.98 Å². The van der Waals surface area contributed by atoms with E-state index in [-0.39, 0.29) is 11.5 Å². The fraction of sp³-hybridized carbons (Fsp3) is 0.154. The van der Waals surface area contributed by atoms with Crippen molar-refractivity contribution in [2.75, 3.05) is 11.9 Å². The van der Waals surface area contributed by atoms with Crippen LogP contribution in [0.15, 0.2) is 41.1 Å². The van der Waals surface area contributed by atoms with E-state index in [0.717, 1.165) is 0 Å². The van der Waals surface area contributed by atoms with Crippen LogP contribution in [0.1, 0.15) is 5.56 Å². The van der Waals surface area contributed by atoms with Crippen LogP contribution in [0, 0.1) is 15.9 Å². The van der Waals surface area contributed by atoms with Crippen LogP contribution in [0.25, 0.3) is 0 Å². The predicted octanol–water partition coefficient (Wildman–Crippen LogP) is 3.55. The number of halogens is 2. The zero-order valence-corrected chi connectivity index (χ0v) is 11.9. The van der Waals surface area contributed by atoms with Crippen molar-refractivity contribution < 1.29 is 9.31 Å². The van der Waals surface area contributed by atoms with Crippen LogP contribution in [0.4, 0.5) is 15.8 Å². The van der Waals surface area contributed by atoms with E-state index in [9.17, 15) is 14.5 Å². The fourth-order valence-electron chi connectivity index (χ4n) is 1.76. The largest absolute Gasteiger partial charge is 0.378 e. The zero-order valence-electron chi connectivity index (χ0n) is 10.3. The number of rotatable bonds is 5. The number of nitro groups is 1. The molecule has 20 heavy (non-hydrogen) atoms. The van der Waals surface area contributed by atoms with Crippen molar-refractivity contribution in [3.05, 3.63) is 62.6 Å². The molecular weight excluding hydrogens is 329 g/mol. The minimum absolute atomic E-state index is 0.118. The number of hydrogen-bond donors (Lipinski definition) is 1. The number of nitrogens with one attached hydrogen (secondary N) is 1. The lowest BCUT2D eigenvalue weighted by Gasteiger charge is -2.09. The van der Waals surface area contributed by atoms with Crippen molar-refractivity contribution in [2.24, 2.45) is 0 Å². The van der Waals surface area contributed by atoms with Gasteiger partial charge in [0.2, 0.25) is 0 Å². The topological polar surface area (TPSA) is 68.1 Å². The summed E-state index contributed by atoms with van der Waals surface area (Å²) >= 11 is 3.21. The third kappa shape index (κ3) is 3.30. The highest BCUT2D eigenvalue weighted by Crippen LogP contribution is 2.30. The van der Waals surface area contributed by atoms with E-state index in [1.165, 1.54) is 18.5 Å². The second kappa shape index (κ2) is 6.42. The second-order valence-corrected chi connectivity index (χ2v) is 4.90. The minimum Gasteiger partial charge on any atom is -0.378 e. The van der Waals surface area contributed by atoms with Crippen LogP contribution in [0.5, 0.6) is 0 Å². The highest BCUT2D eigenvalue weighted by Gasteiger charge is 2.16. The number of nitrogens with zero attached hydrogens (tertiary/aromatic N) is 2. The summed E-state index contributed by atoms with van der Waals surface area (Å²) in [4.78, 5) is 14.2. The van der Waals surface area contributed by atoms with E-state index in [2.05, 4.69) is 26.2 Å². The molecule has 104 valence electrons. The Labute approximate surface area is 123 Å². The minimum atomic E-state index is -0.511. The van der Waals surface area contributed by atoms with E-state index in [1.807, 2.05) is 0 Å². The lowest BCUT2D eigenvalue weighted by molar-refractivity contribution is -0.384. The van der Waals surface area contributed by atoms with Crippen molar-refractivity contribution in [2.45, 2.75) is 6.42 Å². The van der Waals surface area contributed by atoms with E-state index in [0.29, 0.717) is 28.7 Å². The van der Waals surface area contributed by atoms with Crippen LogP contribution >= 0.6 is 15.9 Å². The van der Waals surface area contributed by atoms with Gasteiger partial charge in [-0.15, -0.1) is 0 Å². The van der Waals surface area contributed by atoms with Crippen LogP contribution in [-0.2, 0) is 6.42 Å². The molecule has 2 aromatic rings. The molecule has 0 saturated heterocycles. The summed E-state index contributed by atoms with van der Waals surface area (Å²) in [6, 6.07) is 6.45. The van der Waals surface area contributed by atoms with Crippen molar-refractivity contribution in [1.29, 1.82) is 0 Å². The number of pyridine rings is 1. The van der Waals surface area contributed by atoms with Gasteiger partial charge in [-0.3, -0.25) is 15.1 Å². The summed E-state index contributed by atoms with van der Waals surface area (Å²) in [6.45, 7) is 0.379. The molecule has 2 rings (SSSR count). The molecule has 0 bridgehead atoms. The Bertz CT molecular complexity index is 637. The Morgan fingerprint density at radius 3 is 2.80 bits per heavy atom. The van der Waals surface area contributed by atoms with Crippen LogP contribution < -0.4 is 5.32 Å². The lowest BCUT2D eigenvalue weighted by Crippen LogP contribution is -2.08. The van der Waals surface area contributed by atoms with Gasteiger partial charge in [0.25, 0.3) is 0 Å². The third-order valence-corrected chi connectivity index (χ3v) is 3.33. The maximum Gasteiger partial charge on any atom is 0.311 e. The summed E-state index contributed by atoms with van der Waals surface area (Å²) < 4.78 is 13.9. The SMILES string of the molecule is O=[N+]([O-])c1cncc(Br)c1NCCc1ccccc1F. The van der Waals surface area contributed by atoms with Gasteiger partial charge in [0, 0.05) is 12.7 Å². The first-order chi connectivity index (χ1) is 9.59. The fourth-order valence-corrected chi connectivity index (χ4v) is 2.22. The molecule has 0 saturated carbocycles. The van der Waals surface area contributed by atoms with Gasteiger partial charge in [0.1, 0.15) is 17.7 Å². The first-order valence-electron chi connectivity index (χ1n) is 5.84. The maximum atomic E-state index is 13.4. The van der Waals surface area contributed by atoms with Gasteiger partial charge in [-0.25, -0.2) is 4.39 Å². The van der Waals surface area contributed by atoms with Gasteiger partial charge >= 0.3 is 5.69 Å². The van der Waals surface area contributed by atoms with Gasteiger partial charge in [-0.2, -0.15) is 0 Å². The summed E-state index contributed by atoms with van der Waals surface area (Å²) in [7, 11) is 0. The van der Waals surface area contributed by atoms with Crippen molar-refractivity contribution >= 4 is 27.3 Å². The predicted molar refractivity (Wildman–Crippen MR) is 77.2 cm³/mol. The lowest BCUT2D eigenvalue weighted by atomic mass is 10.1. The average molecular weight is 340 g/mol. The Kier molecular flexibility index (Phi) is 4.62.